The summed E-state index contributed by atoms with van der Waals surface area (Å²) < 4.78 is 10.7. The van der Waals surface area contributed by atoms with Gasteiger partial charge in [-0.15, -0.1) is 0 Å². The Bertz CT molecular complexity index is 539. The first-order valence-corrected chi connectivity index (χ1v) is 7.49. The van der Waals surface area contributed by atoms with Crippen molar-refractivity contribution < 1.29 is 14.3 Å². The SMILES string of the molecule is COc1cc2c(cc1OC)C(C1CCNCC1)CC(=O)N2. The van der Waals surface area contributed by atoms with E-state index in [0.29, 0.717) is 18.1 Å². The Labute approximate surface area is 125 Å². The van der Waals surface area contributed by atoms with Crippen LogP contribution in [0.15, 0.2) is 12.1 Å². The number of anilines is 1. The molecule has 1 fully saturated rings. The van der Waals surface area contributed by atoms with E-state index in [4.69, 9.17) is 9.47 Å². The fraction of sp³-hybridized carbons (Fsp3) is 0.562. The third-order valence-corrected chi connectivity index (χ3v) is 4.59. The fourth-order valence-electron chi connectivity index (χ4n) is 3.49. The molecule has 2 aliphatic heterocycles. The zero-order valence-electron chi connectivity index (χ0n) is 12.6. The van der Waals surface area contributed by atoms with Crippen molar-refractivity contribution in [2.24, 2.45) is 5.92 Å². The van der Waals surface area contributed by atoms with E-state index in [1.807, 2.05) is 12.1 Å². The number of benzene rings is 1. The number of methoxy groups -OCH3 is 2. The first-order chi connectivity index (χ1) is 10.2. The lowest BCUT2D eigenvalue weighted by Gasteiger charge is -2.35. The van der Waals surface area contributed by atoms with Gasteiger partial charge in [0, 0.05) is 18.2 Å². The molecule has 0 aromatic heterocycles. The maximum atomic E-state index is 12.0. The molecule has 1 atom stereocenters. The number of carbonyl (C=O) groups is 1. The van der Waals surface area contributed by atoms with E-state index in [1.54, 1.807) is 14.2 Å². The van der Waals surface area contributed by atoms with Crippen LogP contribution in [-0.4, -0.2) is 33.2 Å². The predicted molar refractivity (Wildman–Crippen MR) is 81.1 cm³/mol. The first-order valence-electron chi connectivity index (χ1n) is 7.49. The van der Waals surface area contributed by atoms with Gasteiger partial charge >= 0.3 is 0 Å². The van der Waals surface area contributed by atoms with Gasteiger partial charge in [0.2, 0.25) is 5.91 Å². The molecule has 1 amide bonds. The summed E-state index contributed by atoms with van der Waals surface area (Å²) in [6.45, 7) is 2.07. The van der Waals surface area contributed by atoms with Gasteiger partial charge in [0.05, 0.1) is 14.2 Å². The average molecular weight is 290 g/mol. The lowest BCUT2D eigenvalue weighted by molar-refractivity contribution is -0.117. The molecule has 1 aromatic carbocycles. The molecule has 1 aromatic rings. The van der Waals surface area contributed by atoms with Gasteiger partial charge in [0.15, 0.2) is 11.5 Å². The summed E-state index contributed by atoms with van der Waals surface area (Å²) in [6, 6.07) is 3.90. The monoisotopic (exact) mass is 290 g/mol. The topological polar surface area (TPSA) is 59.6 Å². The highest BCUT2D eigenvalue weighted by molar-refractivity contribution is 5.95. The van der Waals surface area contributed by atoms with Crippen LogP contribution in [0.25, 0.3) is 0 Å². The van der Waals surface area contributed by atoms with Crippen molar-refractivity contribution in [1.29, 1.82) is 0 Å². The third kappa shape index (κ3) is 2.70. The lowest BCUT2D eigenvalue weighted by Crippen LogP contribution is -2.34. The molecule has 0 spiro atoms. The summed E-state index contributed by atoms with van der Waals surface area (Å²) in [5.41, 5.74) is 2.05. The average Bonchev–Trinajstić information content (AvgIpc) is 2.53. The molecule has 5 heteroatoms. The van der Waals surface area contributed by atoms with Crippen LogP contribution in [0.5, 0.6) is 11.5 Å². The van der Waals surface area contributed by atoms with Gasteiger partial charge in [-0.3, -0.25) is 4.79 Å². The fourth-order valence-corrected chi connectivity index (χ4v) is 3.49. The number of hydrogen-bond donors (Lipinski definition) is 2. The molecule has 0 aliphatic carbocycles. The van der Waals surface area contributed by atoms with Gasteiger partial charge < -0.3 is 20.1 Å². The molecule has 1 unspecified atom stereocenters. The minimum Gasteiger partial charge on any atom is -0.493 e. The van der Waals surface area contributed by atoms with E-state index in [-0.39, 0.29) is 11.8 Å². The standard InChI is InChI=1S/C16H22N2O3/c1-20-14-7-12-11(10-3-5-17-6-4-10)8-16(19)18-13(12)9-15(14)21-2/h7,9-11,17H,3-6,8H2,1-2H3,(H,18,19). The van der Waals surface area contributed by atoms with Crippen molar-refractivity contribution in [1.82, 2.24) is 5.32 Å². The quantitative estimate of drug-likeness (QED) is 0.895. The van der Waals surface area contributed by atoms with Crippen LogP contribution in [0.4, 0.5) is 5.69 Å². The molecule has 21 heavy (non-hydrogen) atoms. The van der Waals surface area contributed by atoms with Crippen molar-refractivity contribution in [3.05, 3.63) is 17.7 Å². The van der Waals surface area contributed by atoms with E-state index >= 15 is 0 Å². The first kappa shape index (κ1) is 14.2. The smallest absolute Gasteiger partial charge is 0.225 e. The molecule has 2 N–H and O–H groups in total. The molecule has 0 saturated carbocycles. The van der Waals surface area contributed by atoms with Gasteiger partial charge in [-0.2, -0.15) is 0 Å². The molecule has 3 rings (SSSR count). The number of hydrogen-bond acceptors (Lipinski definition) is 4. The van der Waals surface area contributed by atoms with Gasteiger partial charge in [-0.1, -0.05) is 0 Å². The van der Waals surface area contributed by atoms with Crippen molar-refractivity contribution in [3.63, 3.8) is 0 Å². The van der Waals surface area contributed by atoms with E-state index in [1.165, 1.54) is 5.56 Å². The largest absolute Gasteiger partial charge is 0.493 e. The summed E-state index contributed by atoms with van der Waals surface area (Å²) in [4.78, 5) is 12.0. The van der Waals surface area contributed by atoms with Crippen molar-refractivity contribution in [2.75, 3.05) is 32.6 Å². The Morgan fingerprint density at radius 3 is 2.43 bits per heavy atom. The Hall–Kier alpha value is -1.75. The number of piperidine rings is 1. The second-order valence-corrected chi connectivity index (χ2v) is 5.74. The van der Waals surface area contributed by atoms with E-state index < -0.39 is 0 Å². The molecular formula is C16H22N2O3. The van der Waals surface area contributed by atoms with Crippen LogP contribution < -0.4 is 20.1 Å². The normalized spacial score (nSPS) is 22.4. The summed E-state index contributed by atoms with van der Waals surface area (Å²) in [5.74, 6) is 2.30. The zero-order valence-corrected chi connectivity index (χ0v) is 12.6. The molecule has 114 valence electrons. The molecule has 1 saturated heterocycles. The maximum absolute atomic E-state index is 12.0. The van der Waals surface area contributed by atoms with E-state index in [0.717, 1.165) is 37.4 Å². The molecule has 2 heterocycles. The summed E-state index contributed by atoms with van der Waals surface area (Å²) in [7, 11) is 3.25. The van der Waals surface area contributed by atoms with E-state index in [2.05, 4.69) is 10.6 Å². The van der Waals surface area contributed by atoms with Crippen molar-refractivity contribution >= 4 is 11.6 Å². The Kier molecular flexibility index (Phi) is 4.01. The highest BCUT2D eigenvalue weighted by atomic mass is 16.5. The van der Waals surface area contributed by atoms with Crippen LogP contribution in [0, 0.1) is 5.92 Å². The zero-order chi connectivity index (χ0) is 14.8. The van der Waals surface area contributed by atoms with Crippen molar-refractivity contribution in [2.45, 2.75) is 25.2 Å². The van der Waals surface area contributed by atoms with Gasteiger partial charge in [-0.05, 0) is 49.4 Å². The van der Waals surface area contributed by atoms with Gasteiger partial charge in [-0.25, -0.2) is 0 Å². The number of fused-ring (bicyclic) bond motifs is 1. The van der Waals surface area contributed by atoms with Gasteiger partial charge in [0.1, 0.15) is 0 Å². The third-order valence-electron chi connectivity index (χ3n) is 4.59. The van der Waals surface area contributed by atoms with Gasteiger partial charge in [0.25, 0.3) is 0 Å². The molecule has 5 nitrogen and oxygen atoms in total. The van der Waals surface area contributed by atoms with Crippen LogP contribution in [0.2, 0.25) is 0 Å². The number of amides is 1. The van der Waals surface area contributed by atoms with Crippen LogP contribution in [0.3, 0.4) is 0 Å². The maximum Gasteiger partial charge on any atom is 0.225 e. The van der Waals surface area contributed by atoms with Crippen LogP contribution >= 0.6 is 0 Å². The number of rotatable bonds is 3. The predicted octanol–water partition coefficient (Wildman–Crippen LogP) is 2.13. The summed E-state index contributed by atoms with van der Waals surface area (Å²) in [5, 5.41) is 6.35. The highest BCUT2D eigenvalue weighted by Gasteiger charge is 2.33. The van der Waals surface area contributed by atoms with Crippen LogP contribution in [0.1, 0.15) is 30.7 Å². The lowest BCUT2D eigenvalue weighted by atomic mass is 9.76. The Morgan fingerprint density at radius 1 is 1.10 bits per heavy atom. The Balaban J connectivity index is 1.99. The van der Waals surface area contributed by atoms with Crippen molar-refractivity contribution in [3.8, 4) is 11.5 Å². The molecule has 0 bridgehead atoms. The number of ether oxygens (including phenoxy) is 2. The number of nitrogens with one attached hydrogen (secondary N) is 2. The summed E-state index contributed by atoms with van der Waals surface area (Å²) in [6.07, 6.45) is 2.80. The summed E-state index contributed by atoms with van der Waals surface area (Å²) >= 11 is 0. The van der Waals surface area contributed by atoms with Crippen LogP contribution in [-0.2, 0) is 4.79 Å². The minimum absolute atomic E-state index is 0.0956. The number of carbonyl (C=O) groups excluding carboxylic acids is 1. The molecular weight excluding hydrogens is 268 g/mol. The minimum atomic E-state index is 0.0956. The second kappa shape index (κ2) is 5.93. The molecule has 0 radical (unpaired) electrons. The van der Waals surface area contributed by atoms with E-state index in [9.17, 15) is 4.79 Å². The second-order valence-electron chi connectivity index (χ2n) is 5.74. The highest BCUT2D eigenvalue weighted by Crippen LogP contribution is 2.45. The molecule has 2 aliphatic rings. The Morgan fingerprint density at radius 2 is 1.76 bits per heavy atom.